The molecule has 0 saturated carbocycles. The largest absolute Gasteiger partial charge is 0.372 e. The Morgan fingerprint density at radius 3 is 2.33 bits per heavy atom. The molecule has 21 heavy (non-hydrogen) atoms. The molecule has 0 aromatic heterocycles. The Morgan fingerprint density at radius 1 is 1.05 bits per heavy atom. The third-order valence-corrected chi connectivity index (χ3v) is 4.21. The van der Waals surface area contributed by atoms with Crippen molar-refractivity contribution in [1.82, 2.24) is 4.90 Å². The number of anilines is 1. The summed E-state index contributed by atoms with van der Waals surface area (Å²) in [5.74, 6) is 0. The third-order valence-electron chi connectivity index (χ3n) is 3.97. The number of rotatable bonds is 10. The van der Waals surface area contributed by atoms with Gasteiger partial charge < -0.3 is 15.5 Å². The summed E-state index contributed by atoms with van der Waals surface area (Å²) in [6, 6.07) is 6.16. The molecule has 2 N–H and O–H groups in total. The smallest absolute Gasteiger partial charge is 0.0410 e. The maximum absolute atomic E-state index is 6.12. The van der Waals surface area contributed by atoms with Gasteiger partial charge in [0, 0.05) is 23.8 Å². The van der Waals surface area contributed by atoms with Crippen molar-refractivity contribution >= 4 is 17.3 Å². The molecular weight excluding hydrogens is 282 g/mol. The lowest BCUT2D eigenvalue weighted by Gasteiger charge is -2.27. The maximum atomic E-state index is 6.12. The molecule has 0 atom stereocenters. The van der Waals surface area contributed by atoms with Crippen LogP contribution in [0.1, 0.15) is 32.8 Å². The van der Waals surface area contributed by atoms with Gasteiger partial charge in [-0.25, -0.2) is 0 Å². The van der Waals surface area contributed by atoms with Crippen LogP contribution in [-0.4, -0.2) is 44.2 Å². The van der Waals surface area contributed by atoms with Crippen molar-refractivity contribution in [3.63, 3.8) is 0 Å². The van der Waals surface area contributed by atoms with E-state index in [9.17, 15) is 0 Å². The third kappa shape index (κ3) is 5.85. The van der Waals surface area contributed by atoms with Crippen LogP contribution in [0.15, 0.2) is 18.2 Å². The first-order valence-electron chi connectivity index (χ1n) is 8.11. The van der Waals surface area contributed by atoms with Gasteiger partial charge in [0.1, 0.15) is 0 Å². The van der Waals surface area contributed by atoms with Crippen LogP contribution >= 0.6 is 11.6 Å². The lowest BCUT2D eigenvalue weighted by Crippen LogP contribution is -2.30. The van der Waals surface area contributed by atoms with Crippen LogP contribution in [0, 0.1) is 0 Å². The molecule has 0 radical (unpaired) electrons. The summed E-state index contributed by atoms with van der Waals surface area (Å²) in [7, 11) is 0. The van der Waals surface area contributed by atoms with E-state index >= 15 is 0 Å². The molecule has 3 nitrogen and oxygen atoms in total. The molecule has 1 aromatic carbocycles. The number of hydrogen-bond acceptors (Lipinski definition) is 3. The Bertz CT molecular complexity index is 405. The van der Waals surface area contributed by atoms with E-state index < -0.39 is 0 Å². The van der Waals surface area contributed by atoms with Crippen molar-refractivity contribution < 1.29 is 0 Å². The molecule has 120 valence electrons. The molecule has 0 aliphatic heterocycles. The fourth-order valence-corrected chi connectivity index (χ4v) is 2.89. The van der Waals surface area contributed by atoms with Crippen molar-refractivity contribution in [2.75, 3.05) is 44.2 Å². The second-order valence-corrected chi connectivity index (χ2v) is 5.71. The first-order chi connectivity index (χ1) is 10.2. The van der Waals surface area contributed by atoms with Gasteiger partial charge in [0.25, 0.3) is 0 Å². The fraction of sp³-hybridized carbons (Fsp3) is 0.647. The molecule has 0 amide bonds. The first-order valence-corrected chi connectivity index (χ1v) is 8.49. The molecule has 1 aromatic rings. The molecule has 0 heterocycles. The summed E-state index contributed by atoms with van der Waals surface area (Å²) < 4.78 is 0. The van der Waals surface area contributed by atoms with Gasteiger partial charge in [0.2, 0.25) is 0 Å². The topological polar surface area (TPSA) is 32.5 Å². The van der Waals surface area contributed by atoms with Gasteiger partial charge in [-0.15, -0.1) is 0 Å². The van der Waals surface area contributed by atoms with Crippen LogP contribution in [0.4, 0.5) is 5.69 Å². The van der Waals surface area contributed by atoms with Crippen molar-refractivity contribution in [1.29, 1.82) is 0 Å². The summed E-state index contributed by atoms with van der Waals surface area (Å²) in [6.07, 6.45) is 2.06. The minimum Gasteiger partial charge on any atom is -0.372 e. The predicted octanol–water partition coefficient (Wildman–Crippen LogP) is 3.40. The summed E-state index contributed by atoms with van der Waals surface area (Å²) in [4.78, 5) is 4.90. The molecule has 0 bridgehead atoms. The molecule has 0 unspecified atom stereocenters. The standard InChI is InChI=1S/C17H30ClN3/c1-4-20(5-2)12-7-13-21(6-3)17-9-8-16(18)14-15(17)10-11-19/h8-9,14H,4-7,10-13,19H2,1-3H3. The van der Waals surface area contributed by atoms with E-state index in [1.807, 2.05) is 6.07 Å². The highest BCUT2D eigenvalue weighted by molar-refractivity contribution is 6.30. The molecule has 0 fully saturated rings. The van der Waals surface area contributed by atoms with Crippen LogP contribution in [0.2, 0.25) is 5.02 Å². The average molecular weight is 312 g/mol. The maximum Gasteiger partial charge on any atom is 0.0410 e. The van der Waals surface area contributed by atoms with Crippen molar-refractivity contribution in [2.24, 2.45) is 5.73 Å². The summed E-state index contributed by atoms with van der Waals surface area (Å²) in [6.45, 7) is 12.8. The highest BCUT2D eigenvalue weighted by atomic mass is 35.5. The zero-order valence-corrected chi connectivity index (χ0v) is 14.5. The lowest BCUT2D eigenvalue weighted by atomic mass is 10.1. The lowest BCUT2D eigenvalue weighted by molar-refractivity contribution is 0.300. The van der Waals surface area contributed by atoms with Crippen molar-refractivity contribution in [3.05, 3.63) is 28.8 Å². The number of benzene rings is 1. The summed E-state index contributed by atoms with van der Waals surface area (Å²) in [5, 5.41) is 0.793. The molecule has 0 spiro atoms. The number of nitrogens with zero attached hydrogens (tertiary/aromatic N) is 2. The zero-order valence-electron chi connectivity index (χ0n) is 13.7. The Morgan fingerprint density at radius 2 is 1.76 bits per heavy atom. The van der Waals surface area contributed by atoms with Gasteiger partial charge in [-0.3, -0.25) is 0 Å². The Hall–Kier alpha value is -0.770. The van der Waals surface area contributed by atoms with Crippen molar-refractivity contribution in [2.45, 2.75) is 33.6 Å². The Kier molecular flexibility index (Phi) is 8.74. The van der Waals surface area contributed by atoms with E-state index in [1.54, 1.807) is 0 Å². The highest BCUT2D eigenvalue weighted by Crippen LogP contribution is 2.25. The van der Waals surface area contributed by atoms with Gasteiger partial charge in [-0.2, -0.15) is 0 Å². The second-order valence-electron chi connectivity index (χ2n) is 5.27. The molecule has 0 aliphatic carbocycles. The summed E-state index contributed by atoms with van der Waals surface area (Å²) >= 11 is 6.12. The normalized spacial score (nSPS) is 11.1. The summed E-state index contributed by atoms with van der Waals surface area (Å²) in [5.41, 5.74) is 8.27. The van der Waals surface area contributed by atoms with E-state index in [4.69, 9.17) is 17.3 Å². The first kappa shape index (κ1) is 18.3. The molecule has 0 saturated heterocycles. The van der Waals surface area contributed by atoms with E-state index in [1.165, 1.54) is 17.7 Å². The van der Waals surface area contributed by atoms with E-state index in [0.29, 0.717) is 6.54 Å². The van der Waals surface area contributed by atoms with E-state index in [-0.39, 0.29) is 0 Å². The van der Waals surface area contributed by atoms with Crippen LogP contribution < -0.4 is 10.6 Å². The van der Waals surface area contributed by atoms with Gasteiger partial charge in [0.05, 0.1) is 0 Å². The van der Waals surface area contributed by atoms with Crippen LogP contribution in [-0.2, 0) is 6.42 Å². The molecule has 1 rings (SSSR count). The molecular formula is C17H30ClN3. The van der Waals surface area contributed by atoms with Crippen LogP contribution in [0.25, 0.3) is 0 Å². The monoisotopic (exact) mass is 311 g/mol. The SMILES string of the molecule is CCN(CC)CCCN(CC)c1ccc(Cl)cc1CCN. The highest BCUT2D eigenvalue weighted by Gasteiger charge is 2.10. The predicted molar refractivity (Wildman–Crippen MR) is 94.5 cm³/mol. The van der Waals surface area contributed by atoms with Crippen LogP contribution in [0.5, 0.6) is 0 Å². The number of nitrogens with two attached hydrogens (primary N) is 1. The number of hydrogen-bond donors (Lipinski definition) is 1. The van der Waals surface area contributed by atoms with E-state index in [2.05, 4.69) is 42.7 Å². The minimum atomic E-state index is 0.657. The Labute approximate surface area is 135 Å². The van der Waals surface area contributed by atoms with E-state index in [0.717, 1.165) is 44.2 Å². The Balaban J connectivity index is 2.71. The quantitative estimate of drug-likeness (QED) is 0.719. The number of halogens is 1. The molecule has 4 heteroatoms. The van der Waals surface area contributed by atoms with Gasteiger partial charge in [-0.05, 0) is 69.7 Å². The molecule has 0 aliphatic rings. The van der Waals surface area contributed by atoms with Crippen molar-refractivity contribution in [3.8, 4) is 0 Å². The van der Waals surface area contributed by atoms with Gasteiger partial charge >= 0.3 is 0 Å². The fourth-order valence-electron chi connectivity index (χ4n) is 2.69. The second kappa shape index (κ2) is 10.0. The zero-order chi connectivity index (χ0) is 15.7. The van der Waals surface area contributed by atoms with Crippen LogP contribution in [0.3, 0.4) is 0 Å². The minimum absolute atomic E-state index is 0.657. The van der Waals surface area contributed by atoms with Gasteiger partial charge in [0.15, 0.2) is 0 Å². The average Bonchev–Trinajstić information content (AvgIpc) is 2.49. The van der Waals surface area contributed by atoms with Gasteiger partial charge in [-0.1, -0.05) is 25.4 Å².